The van der Waals surface area contributed by atoms with Crippen LogP contribution < -0.4 is 10.6 Å². The monoisotopic (exact) mass is 258 g/mol. The number of hydrogen-bond acceptors (Lipinski definition) is 2. The molecule has 1 aromatic rings. The number of nitrogens with zero attached hydrogens (tertiary/aromatic N) is 1. The minimum absolute atomic E-state index is 0.600. The van der Waals surface area contributed by atoms with Crippen molar-refractivity contribution in [2.45, 2.75) is 57.5 Å². The average molecular weight is 258 g/mol. The lowest BCUT2D eigenvalue weighted by atomic mass is 9.89. The van der Waals surface area contributed by atoms with Crippen molar-refractivity contribution in [2.24, 2.45) is 11.7 Å². The van der Waals surface area contributed by atoms with Gasteiger partial charge in [-0.05, 0) is 55.7 Å². The van der Waals surface area contributed by atoms with Crippen LogP contribution in [0, 0.1) is 5.92 Å². The first kappa shape index (κ1) is 13.0. The Kier molecular flexibility index (Phi) is 3.53. The zero-order valence-corrected chi connectivity index (χ0v) is 12.2. The van der Waals surface area contributed by atoms with E-state index < -0.39 is 0 Å². The number of fused-ring (bicyclic) bond motifs is 2. The van der Waals surface area contributed by atoms with Gasteiger partial charge < -0.3 is 10.6 Å². The van der Waals surface area contributed by atoms with Crippen LogP contribution in [-0.2, 0) is 0 Å². The third-order valence-electron chi connectivity index (χ3n) is 5.00. The van der Waals surface area contributed by atoms with Gasteiger partial charge >= 0.3 is 0 Å². The molecule has 0 aliphatic carbocycles. The van der Waals surface area contributed by atoms with Crippen molar-refractivity contribution < 1.29 is 0 Å². The van der Waals surface area contributed by atoms with Crippen LogP contribution >= 0.6 is 0 Å². The normalized spacial score (nSPS) is 30.1. The van der Waals surface area contributed by atoms with Gasteiger partial charge in [-0.2, -0.15) is 0 Å². The van der Waals surface area contributed by atoms with Gasteiger partial charge in [-0.1, -0.05) is 32.0 Å². The lowest BCUT2D eigenvalue weighted by Gasteiger charge is -2.41. The third-order valence-corrected chi connectivity index (χ3v) is 5.00. The zero-order chi connectivity index (χ0) is 13.4. The van der Waals surface area contributed by atoms with Gasteiger partial charge in [0.25, 0.3) is 0 Å². The summed E-state index contributed by atoms with van der Waals surface area (Å²) in [5.74, 6) is 1.35. The Morgan fingerprint density at radius 2 is 1.79 bits per heavy atom. The molecule has 19 heavy (non-hydrogen) atoms. The van der Waals surface area contributed by atoms with Gasteiger partial charge in [0, 0.05) is 17.8 Å². The predicted octanol–water partition coefficient (Wildman–Crippen LogP) is 3.52. The number of benzene rings is 1. The Bertz CT molecular complexity index is 427. The molecule has 2 aliphatic rings. The van der Waals surface area contributed by atoms with E-state index in [9.17, 15) is 0 Å². The molecule has 3 rings (SSSR count). The summed E-state index contributed by atoms with van der Waals surface area (Å²) in [6.07, 6.45) is 5.29. The van der Waals surface area contributed by atoms with Crippen LogP contribution in [0.3, 0.4) is 0 Å². The second-order valence-electron chi connectivity index (χ2n) is 6.58. The summed E-state index contributed by atoms with van der Waals surface area (Å²) in [6, 6.07) is 10.4. The Morgan fingerprint density at radius 1 is 1.16 bits per heavy atom. The maximum absolute atomic E-state index is 5.90. The maximum Gasteiger partial charge on any atom is 0.0406 e. The van der Waals surface area contributed by atoms with E-state index in [-0.39, 0.29) is 0 Å². The molecule has 0 aromatic heterocycles. The molecule has 2 saturated heterocycles. The summed E-state index contributed by atoms with van der Waals surface area (Å²) in [5, 5.41) is 0. The van der Waals surface area contributed by atoms with Gasteiger partial charge in [0.05, 0.1) is 0 Å². The van der Waals surface area contributed by atoms with E-state index in [2.05, 4.69) is 43.0 Å². The first-order chi connectivity index (χ1) is 9.20. The summed E-state index contributed by atoms with van der Waals surface area (Å²) in [7, 11) is 0. The van der Waals surface area contributed by atoms with Crippen molar-refractivity contribution in [3.05, 3.63) is 29.8 Å². The second kappa shape index (κ2) is 5.16. The Morgan fingerprint density at radius 3 is 2.37 bits per heavy atom. The smallest absolute Gasteiger partial charge is 0.0406 e. The summed E-state index contributed by atoms with van der Waals surface area (Å²) in [4.78, 5) is 2.72. The van der Waals surface area contributed by atoms with Crippen LogP contribution in [0.25, 0.3) is 0 Å². The lowest BCUT2D eigenvalue weighted by Crippen LogP contribution is -2.45. The van der Waals surface area contributed by atoms with Crippen LogP contribution in [0.15, 0.2) is 24.3 Å². The Balaban J connectivity index is 1.92. The summed E-state index contributed by atoms with van der Waals surface area (Å²) in [5.41, 5.74) is 8.89. The van der Waals surface area contributed by atoms with Crippen molar-refractivity contribution in [1.82, 2.24) is 0 Å². The van der Waals surface area contributed by atoms with Crippen molar-refractivity contribution in [3.8, 4) is 0 Å². The highest BCUT2D eigenvalue weighted by molar-refractivity contribution is 5.57. The predicted molar refractivity (Wildman–Crippen MR) is 81.6 cm³/mol. The third kappa shape index (κ3) is 2.27. The van der Waals surface area contributed by atoms with Gasteiger partial charge in [0.1, 0.15) is 0 Å². The van der Waals surface area contributed by atoms with Crippen molar-refractivity contribution in [3.63, 3.8) is 0 Å². The molecule has 2 fully saturated rings. The highest BCUT2D eigenvalue weighted by Gasteiger charge is 2.40. The molecule has 2 N–H and O–H groups in total. The first-order valence-electron chi connectivity index (χ1n) is 7.78. The Labute approximate surface area is 117 Å². The number of anilines is 1. The summed E-state index contributed by atoms with van der Waals surface area (Å²) >= 11 is 0. The molecule has 2 bridgehead atoms. The molecular weight excluding hydrogens is 232 g/mol. The van der Waals surface area contributed by atoms with E-state index in [0.29, 0.717) is 5.92 Å². The van der Waals surface area contributed by atoms with E-state index in [1.54, 1.807) is 0 Å². The minimum atomic E-state index is 0.600. The van der Waals surface area contributed by atoms with Crippen LogP contribution in [-0.4, -0.2) is 18.6 Å². The fourth-order valence-electron chi connectivity index (χ4n) is 4.09. The standard InChI is InChI=1S/C17H26N2/c1-12(2)16-5-3-4-6-17(16)19-14-7-8-15(19)10-13(9-14)11-18/h3-6,12-15H,7-11,18H2,1-2H3. The molecule has 2 aliphatic heterocycles. The number of para-hydroxylation sites is 1. The van der Waals surface area contributed by atoms with Gasteiger partial charge in [0.2, 0.25) is 0 Å². The molecule has 2 heterocycles. The summed E-state index contributed by atoms with van der Waals surface area (Å²) < 4.78 is 0. The SMILES string of the molecule is CC(C)c1ccccc1N1C2CCC1CC(CN)C2. The van der Waals surface area contributed by atoms with Crippen molar-refractivity contribution >= 4 is 5.69 Å². The quantitative estimate of drug-likeness (QED) is 0.899. The number of hydrogen-bond donors (Lipinski definition) is 1. The number of piperidine rings is 1. The molecule has 0 saturated carbocycles. The fourth-order valence-corrected chi connectivity index (χ4v) is 4.09. The molecule has 1 aromatic carbocycles. The minimum Gasteiger partial charge on any atom is -0.365 e. The van der Waals surface area contributed by atoms with Gasteiger partial charge in [-0.25, -0.2) is 0 Å². The molecule has 0 amide bonds. The molecule has 0 radical (unpaired) electrons. The van der Waals surface area contributed by atoms with Crippen molar-refractivity contribution in [1.29, 1.82) is 0 Å². The summed E-state index contributed by atoms with van der Waals surface area (Å²) in [6.45, 7) is 5.47. The van der Waals surface area contributed by atoms with Crippen LogP contribution in [0.5, 0.6) is 0 Å². The molecule has 2 nitrogen and oxygen atoms in total. The first-order valence-corrected chi connectivity index (χ1v) is 7.78. The van der Waals surface area contributed by atoms with Crippen LogP contribution in [0.4, 0.5) is 5.69 Å². The fraction of sp³-hybridized carbons (Fsp3) is 0.647. The van der Waals surface area contributed by atoms with E-state index in [0.717, 1.165) is 24.5 Å². The second-order valence-corrected chi connectivity index (χ2v) is 6.58. The van der Waals surface area contributed by atoms with Gasteiger partial charge in [0.15, 0.2) is 0 Å². The molecule has 0 spiro atoms. The zero-order valence-electron chi connectivity index (χ0n) is 12.2. The molecule has 104 valence electrons. The maximum atomic E-state index is 5.90. The highest BCUT2D eigenvalue weighted by atomic mass is 15.2. The van der Waals surface area contributed by atoms with E-state index in [4.69, 9.17) is 5.73 Å². The molecule has 2 unspecified atom stereocenters. The van der Waals surface area contributed by atoms with E-state index in [1.165, 1.54) is 36.9 Å². The van der Waals surface area contributed by atoms with Crippen molar-refractivity contribution in [2.75, 3.05) is 11.4 Å². The molecule has 2 atom stereocenters. The van der Waals surface area contributed by atoms with E-state index in [1.807, 2.05) is 0 Å². The van der Waals surface area contributed by atoms with E-state index >= 15 is 0 Å². The largest absolute Gasteiger partial charge is 0.365 e. The molecular formula is C17H26N2. The molecule has 2 heteroatoms. The highest BCUT2D eigenvalue weighted by Crippen LogP contribution is 2.43. The van der Waals surface area contributed by atoms with Gasteiger partial charge in [-0.15, -0.1) is 0 Å². The van der Waals surface area contributed by atoms with Gasteiger partial charge in [-0.3, -0.25) is 0 Å². The lowest BCUT2D eigenvalue weighted by molar-refractivity contribution is 0.346. The number of nitrogens with two attached hydrogens (primary N) is 1. The van der Waals surface area contributed by atoms with Crippen LogP contribution in [0.2, 0.25) is 0 Å². The average Bonchev–Trinajstić information content (AvgIpc) is 2.68. The topological polar surface area (TPSA) is 29.3 Å². The Hall–Kier alpha value is -1.02. The van der Waals surface area contributed by atoms with Crippen LogP contribution in [0.1, 0.15) is 51.0 Å². The number of rotatable bonds is 3.